The van der Waals surface area contributed by atoms with Gasteiger partial charge in [0.2, 0.25) is 5.91 Å². The number of rotatable bonds is 7. The average molecular weight is 264 g/mol. The first kappa shape index (κ1) is 15.0. The summed E-state index contributed by atoms with van der Waals surface area (Å²) in [5.74, 6) is -0.240. The van der Waals surface area contributed by atoms with Crippen LogP contribution in [0, 0.1) is 0 Å². The summed E-state index contributed by atoms with van der Waals surface area (Å²) in [6.07, 6.45) is 2.22. The highest BCUT2D eigenvalue weighted by Crippen LogP contribution is 2.06. The second kappa shape index (κ2) is 8.13. The van der Waals surface area contributed by atoms with Gasteiger partial charge in [0.15, 0.2) is 0 Å². The highest BCUT2D eigenvalue weighted by molar-refractivity contribution is 5.78. The Kier molecular flexibility index (Phi) is 6.43. The number of hydrogen-bond acceptors (Lipinski definition) is 4. The number of amides is 1. The number of anilines is 1. The van der Waals surface area contributed by atoms with Crippen molar-refractivity contribution in [1.29, 1.82) is 0 Å². The summed E-state index contributed by atoms with van der Waals surface area (Å²) in [6, 6.07) is 7.23. The number of nitrogens with two attached hydrogens (primary N) is 1. The number of nitrogens with one attached hydrogen (secondary N) is 1. The maximum atomic E-state index is 11.6. The van der Waals surface area contributed by atoms with Gasteiger partial charge in [-0.15, -0.1) is 0 Å². The molecule has 19 heavy (non-hydrogen) atoms. The second-order valence-corrected chi connectivity index (χ2v) is 4.30. The topological polar surface area (TPSA) is 81.4 Å². The van der Waals surface area contributed by atoms with Gasteiger partial charge in [-0.25, -0.2) is 0 Å². The molecule has 0 saturated carbocycles. The molecule has 5 heteroatoms. The van der Waals surface area contributed by atoms with E-state index < -0.39 is 0 Å². The fourth-order valence-corrected chi connectivity index (χ4v) is 1.61. The van der Waals surface area contributed by atoms with Crippen molar-refractivity contribution in [2.24, 2.45) is 0 Å². The van der Waals surface area contributed by atoms with Crippen LogP contribution in [0.25, 0.3) is 0 Å². The molecule has 3 N–H and O–H groups in total. The molecule has 0 aliphatic heterocycles. The van der Waals surface area contributed by atoms with Crippen LogP contribution in [0.4, 0.5) is 5.69 Å². The van der Waals surface area contributed by atoms with Gasteiger partial charge in [0.05, 0.1) is 13.5 Å². The average Bonchev–Trinajstić information content (AvgIpc) is 2.40. The molecule has 0 aliphatic carbocycles. The molecule has 0 fully saturated rings. The van der Waals surface area contributed by atoms with E-state index in [9.17, 15) is 9.59 Å². The molecule has 1 aromatic rings. The monoisotopic (exact) mass is 264 g/mol. The summed E-state index contributed by atoms with van der Waals surface area (Å²) in [5.41, 5.74) is 7.19. The van der Waals surface area contributed by atoms with E-state index in [4.69, 9.17) is 5.73 Å². The van der Waals surface area contributed by atoms with Crippen molar-refractivity contribution in [2.45, 2.75) is 25.7 Å². The van der Waals surface area contributed by atoms with Gasteiger partial charge >= 0.3 is 5.97 Å². The summed E-state index contributed by atoms with van der Waals surface area (Å²) in [5, 5.41) is 2.82. The molecule has 104 valence electrons. The van der Waals surface area contributed by atoms with E-state index in [1.165, 1.54) is 7.11 Å². The molecule has 0 spiro atoms. The first-order valence-electron chi connectivity index (χ1n) is 6.29. The maximum Gasteiger partial charge on any atom is 0.305 e. The SMILES string of the molecule is COC(=O)CCCCNC(=O)Cc1ccc(N)cc1. The van der Waals surface area contributed by atoms with E-state index in [2.05, 4.69) is 10.1 Å². The minimum absolute atomic E-state index is 0.0251. The molecule has 0 aromatic heterocycles. The van der Waals surface area contributed by atoms with Crippen LogP contribution in [0.3, 0.4) is 0 Å². The molecular weight excluding hydrogens is 244 g/mol. The zero-order valence-corrected chi connectivity index (χ0v) is 11.1. The molecule has 1 amide bonds. The number of nitrogen functional groups attached to an aromatic ring is 1. The lowest BCUT2D eigenvalue weighted by molar-refractivity contribution is -0.140. The zero-order chi connectivity index (χ0) is 14.1. The van der Waals surface area contributed by atoms with Gasteiger partial charge in [-0.3, -0.25) is 9.59 Å². The Balaban J connectivity index is 2.14. The minimum Gasteiger partial charge on any atom is -0.469 e. The number of unbranched alkanes of at least 4 members (excludes halogenated alkanes) is 1. The summed E-state index contributed by atoms with van der Waals surface area (Å²) in [4.78, 5) is 22.5. The molecule has 0 unspecified atom stereocenters. The van der Waals surface area contributed by atoms with Crippen molar-refractivity contribution in [3.05, 3.63) is 29.8 Å². The highest BCUT2D eigenvalue weighted by atomic mass is 16.5. The van der Waals surface area contributed by atoms with Crippen LogP contribution in [0.2, 0.25) is 0 Å². The third kappa shape index (κ3) is 6.45. The summed E-state index contributed by atoms with van der Waals surface area (Å²) < 4.78 is 4.53. The van der Waals surface area contributed by atoms with Crippen LogP contribution < -0.4 is 11.1 Å². The Morgan fingerprint density at radius 3 is 2.53 bits per heavy atom. The number of esters is 1. The molecule has 0 aliphatic rings. The lowest BCUT2D eigenvalue weighted by atomic mass is 10.1. The zero-order valence-electron chi connectivity index (χ0n) is 11.1. The number of benzene rings is 1. The van der Waals surface area contributed by atoms with Gasteiger partial charge < -0.3 is 15.8 Å². The maximum absolute atomic E-state index is 11.6. The van der Waals surface area contributed by atoms with Crippen LogP contribution in [-0.4, -0.2) is 25.5 Å². The van der Waals surface area contributed by atoms with E-state index in [0.29, 0.717) is 25.1 Å². The Hall–Kier alpha value is -2.04. The molecule has 1 aromatic carbocycles. The van der Waals surface area contributed by atoms with Crippen molar-refractivity contribution in [2.75, 3.05) is 19.4 Å². The smallest absolute Gasteiger partial charge is 0.305 e. The van der Waals surface area contributed by atoms with Gasteiger partial charge in [-0.1, -0.05) is 12.1 Å². The number of hydrogen-bond donors (Lipinski definition) is 2. The predicted octanol–water partition coefficient (Wildman–Crippen LogP) is 1.27. The van der Waals surface area contributed by atoms with E-state index >= 15 is 0 Å². The van der Waals surface area contributed by atoms with Gasteiger partial charge in [-0.2, -0.15) is 0 Å². The van der Waals surface area contributed by atoms with Crippen molar-refractivity contribution >= 4 is 17.6 Å². The molecule has 0 radical (unpaired) electrons. The van der Waals surface area contributed by atoms with Crippen LogP contribution >= 0.6 is 0 Å². The van der Waals surface area contributed by atoms with Crippen LogP contribution in [0.1, 0.15) is 24.8 Å². The first-order valence-corrected chi connectivity index (χ1v) is 6.29. The van der Waals surface area contributed by atoms with Crippen molar-refractivity contribution in [3.63, 3.8) is 0 Å². The van der Waals surface area contributed by atoms with Gasteiger partial charge in [-0.05, 0) is 30.5 Å². The van der Waals surface area contributed by atoms with E-state index in [1.54, 1.807) is 12.1 Å². The minimum atomic E-state index is -0.215. The number of carbonyl (C=O) groups excluding carboxylic acids is 2. The van der Waals surface area contributed by atoms with E-state index in [0.717, 1.165) is 18.4 Å². The van der Waals surface area contributed by atoms with E-state index in [-0.39, 0.29) is 11.9 Å². The Morgan fingerprint density at radius 1 is 1.21 bits per heavy atom. The fraction of sp³-hybridized carbons (Fsp3) is 0.429. The standard InChI is InChI=1S/C14H20N2O3/c1-19-14(18)4-2-3-9-16-13(17)10-11-5-7-12(15)8-6-11/h5-8H,2-4,9-10,15H2,1H3,(H,16,17). The summed E-state index contributed by atoms with van der Waals surface area (Å²) in [6.45, 7) is 0.574. The molecule has 0 bridgehead atoms. The summed E-state index contributed by atoms with van der Waals surface area (Å²) in [7, 11) is 1.37. The molecule has 1 rings (SSSR count). The highest BCUT2D eigenvalue weighted by Gasteiger charge is 2.03. The van der Waals surface area contributed by atoms with E-state index in [1.807, 2.05) is 12.1 Å². The number of carbonyl (C=O) groups is 2. The van der Waals surface area contributed by atoms with Crippen LogP contribution in [0.5, 0.6) is 0 Å². The number of methoxy groups -OCH3 is 1. The molecule has 0 heterocycles. The van der Waals surface area contributed by atoms with Crippen molar-refractivity contribution in [3.8, 4) is 0 Å². The van der Waals surface area contributed by atoms with Gasteiger partial charge in [0, 0.05) is 18.7 Å². The normalized spacial score (nSPS) is 9.95. The van der Waals surface area contributed by atoms with Gasteiger partial charge in [0.1, 0.15) is 0 Å². The van der Waals surface area contributed by atoms with Crippen molar-refractivity contribution in [1.82, 2.24) is 5.32 Å². The molecular formula is C14H20N2O3. The first-order chi connectivity index (χ1) is 9.11. The predicted molar refractivity (Wildman–Crippen MR) is 73.4 cm³/mol. The quantitative estimate of drug-likeness (QED) is 0.441. The summed E-state index contributed by atoms with van der Waals surface area (Å²) >= 11 is 0. The molecule has 0 saturated heterocycles. The van der Waals surface area contributed by atoms with Gasteiger partial charge in [0.25, 0.3) is 0 Å². The van der Waals surface area contributed by atoms with Crippen molar-refractivity contribution < 1.29 is 14.3 Å². The third-order valence-corrected chi connectivity index (χ3v) is 2.70. The molecule has 5 nitrogen and oxygen atoms in total. The Morgan fingerprint density at radius 2 is 1.89 bits per heavy atom. The van der Waals surface area contributed by atoms with Crippen LogP contribution in [-0.2, 0) is 20.7 Å². The Bertz CT molecular complexity index is 415. The fourth-order valence-electron chi connectivity index (χ4n) is 1.61. The lowest BCUT2D eigenvalue weighted by Gasteiger charge is -2.05. The third-order valence-electron chi connectivity index (χ3n) is 2.70. The molecule has 0 atom stereocenters. The van der Waals surface area contributed by atoms with Crippen LogP contribution in [0.15, 0.2) is 24.3 Å². The number of ether oxygens (including phenoxy) is 1. The lowest BCUT2D eigenvalue weighted by Crippen LogP contribution is -2.26. The second-order valence-electron chi connectivity index (χ2n) is 4.30. The Labute approximate surface area is 113 Å². The largest absolute Gasteiger partial charge is 0.469 e.